The zero-order chi connectivity index (χ0) is 26.4. The Labute approximate surface area is 218 Å². The van der Waals surface area contributed by atoms with Crippen molar-refractivity contribution in [2.75, 3.05) is 7.11 Å². The SMILES string of the molecule is CCCCCC1CCC(c2ccc(C3CCC(OCc4ccc(OC)c(F)c4F)CC3)c(F)c2F)CC1. The van der Waals surface area contributed by atoms with Crippen molar-refractivity contribution in [2.24, 2.45) is 5.92 Å². The van der Waals surface area contributed by atoms with Gasteiger partial charge in [-0.3, -0.25) is 0 Å². The summed E-state index contributed by atoms with van der Waals surface area (Å²) in [5.41, 5.74) is 1.13. The normalized spacial score (nSPS) is 24.3. The second-order valence-electron chi connectivity index (χ2n) is 10.9. The Morgan fingerprint density at radius 1 is 0.703 bits per heavy atom. The van der Waals surface area contributed by atoms with Gasteiger partial charge in [0.2, 0.25) is 5.82 Å². The van der Waals surface area contributed by atoms with Crippen molar-refractivity contribution in [3.63, 3.8) is 0 Å². The summed E-state index contributed by atoms with van der Waals surface area (Å²) >= 11 is 0. The zero-order valence-electron chi connectivity index (χ0n) is 22.1. The molecule has 2 aromatic carbocycles. The van der Waals surface area contributed by atoms with E-state index in [1.54, 1.807) is 6.07 Å². The van der Waals surface area contributed by atoms with Crippen molar-refractivity contribution in [1.29, 1.82) is 0 Å². The summed E-state index contributed by atoms with van der Waals surface area (Å²) in [6.07, 6.45) is 11.7. The maximum Gasteiger partial charge on any atom is 0.200 e. The monoisotopic (exact) mass is 520 g/mol. The predicted octanol–water partition coefficient (Wildman–Crippen LogP) is 9.35. The van der Waals surface area contributed by atoms with Crippen LogP contribution in [0.15, 0.2) is 24.3 Å². The number of hydrogen-bond donors (Lipinski definition) is 0. The summed E-state index contributed by atoms with van der Waals surface area (Å²) in [6, 6.07) is 6.46. The van der Waals surface area contributed by atoms with Crippen molar-refractivity contribution in [2.45, 2.75) is 109 Å². The van der Waals surface area contributed by atoms with Crippen LogP contribution in [0.1, 0.15) is 112 Å². The molecule has 0 atom stereocenters. The van der Waals surface area contributed by atoms with Gasteiger partial charge >= 0.3 is 0 Å². The van der Waals surface area contributed by atoms with Gasteiger partial charge in [0.15, 0.2) is 23.2 Å². The molecule has 4 rings (SSSR count). The maximum atomic E-state index is 15.2. The Morgan fingerprint density at radius 2 is 1.30 bits per heavy atom. The first-order chi connectivity index (χ1) is 17.9. The Hall–Kier alpha value is -2.08. The van der Waals surface area contributed by atoms with Crippen LogP contribution in [0.5, 0.6) is 5.75 Å². The largest absolute Gasteiger partial charge is 0.494 e. The van der Waals surface area contributed by atoms with Gasteiger partial charge in [-0.2, -0.15) is 4.39 Å². The lowest BCUT2D eigenvalue weighted by molar-refractivity contribution is 0.0116. The van der Waals surface area contributed by atoms with Crippen LogP contribution in [-0.2, 0) is 11.3 Å². The first kappa shape index (κ1) is 27.9. The van der Waals surface area contributed by atoms with Crippen molar-refractivity contribution >= 4 is 0 Å². The van der Waals surface area contributed by atoms with Gasteiger partial charge < -0.3 is 9.47 Å². The minimum atomic E-state index is -1.02. The topological polar surface area (TPSA) is 18.5 Å². The van der Waals surface area contributed by atoms with E-state index in [-0.39, 0.29) is 35.9 Å². The van der Waals surface area contributed by atoms with E-state index < -0.39 is 23.3 Å². The fourth-order valence-corrected chi connectivity index (χ4v) is 6.24. The molecule has 37 heavy (non-hydrogen) atoms. The fourth-order valence-electron chi connectivity index (χ4n) is 6.24. The molecule has 0 radical (unpaired) electrons. The van der Waals surface area contributed by atoms with Gasteiger partial charge in [-0.25, -0.2) is 13.2 Å². The average Bonchev–Trinajstić information content (AvgIpc) is 2.92. The van der Waals surface area contributed by atoms with Crippen molar-refractivity contribution in [1.82, 2.24) is 0 Å². The second-order valence-corrected chi connectivity index (χ2v) is 10.9. The highest BCUT2D eigenvalue weighted by molar-refractivity contribution is 5.32. The minimum Gasteiger partial charge on any atom is -0.494 e. The predicted molar refractivity (Wildman–Crippen MR) is 138 cm³/mol. The number of methoxy groups -OCH3 is 1. The summed E-state index contributed by atoms with van der Waals surface area (Å²) in [5.74, 6) is -2.70. The van der Waals surface area contributed by atoms with E-state index in [4.69, 9.17) is 9.47 Å². The molecule has 0 spiro atoms. The molecule has 204 valence electrons. The standard InChI is InChI=1S/C31H40F4O2/c1-3-4-5-6-20-7-9-21(10-8-20)25-16-17-26(30(34)29(25)33)22-11-14-24(15-12-22)37-19-23-13-18-27(36-2)31(35)28(23)32/h13,16-18,20-22,24H,3-12,14-15,19H2,1-2H3. The molecule has 0 saturated heterocycles. The van der Waals surface area contributed by atoms with Crippen molar-refractivity contribution < 1.29 is 27.0 Å². The Kier molecular flexibility index (Phi) is 9.91. The van der Waals surface area contributed by atoms with E-state index in [0.29, 0.717) is 36.8 Å². The van der Waals surface area contributed by atoms with E-state index >= 15 is 8.78 Å². The summed E-state index contributed by atoms with van der Waals surface area (Å²) in [4.78, 5) is 0. The third-order valence-corrected chi connectivity index (χ3v) is 8.58. The van der Waals surface area contributed by atoms with E-state index in [1.165, 1.54) is 44.9 Å². The highest BCUT2D eigenvalue weighted by Gasteiger charge is 2.30. The Morgan fingerprint density at radius 3 is 1.86 bits per heavy atom. The van der Waals surface area contributed by atoms with Crippen LogP contribution in [0.25, 0.3) is 0 Å². The summed E-state index contributed by atoms with van der Waals surface area (Å²) < 4.78 is 69.2. The number of hydrogen-bond acceptors (Lipinski definition) is 2. The number of benzene rings is 2. The zero-order valence-corrected chi connectivity index (χ0v) is 22.1. The van der Waals surface area contributed by atoms with Crippen LogP contribution in [0.4, 0.5) is 17.6 Å². The number of halogens is 4. The van der Waals surface area contributed by atoms with Gasteiger partial charge in [-0.05, 0) is 92.4 Å². The van der Waals surface area contributed by atoms with Crippen molar-refractivity contribution in [3.05, 3.63) is 64.2 Å². The van der Waals surface area contributed by atoms with Crippen LogP contribution < -0.4 is 4.74 Å². The lowest BCUT2D eigenvalue weighted by Crippen LogP contribution is -2.22. The molecule has 0 bridgehead atoms. The third-order valence-electron chi connectivity index (χ3n) is 8.58. The molecular weight excluding hydrogens is 480 g/mol. The average molecular weight is 521 g/mol. The van der Waals surface area contributed by atoms with Gasteiger partial charge in [0, 0.05) is 5.56 Å². The summed E-state index contributed by atoms with van der Waals surface area (Å²) in [7, 11) is 1.29. The number of unbranched alkanes of at least 4 members (excludes halogenated alkanes) is 2. The van der Waals surface area contributed by atoms with Gasteiger partial charge in [-0.15, -0.1) is 0 Å². The molecule has 2 saturated carbocycles. The van der Waals surface area contributed by atoms with Crippen LogP contribution in [0.2, 0.25) is 0 Å². The number of rotatable bonds is 10. The smallest absolute Gasteiger partial charge is 0.200 e. The molecule has 2 aromatic rings. The first-order valence-corrected chi connectivity index (χ1v) is 14.0. The molecule has 0 aliphatic heterocycles. The molecule has 2 aliphatic carbocycles. The molecule has 2 fully saturated rings. The summed E-state index contributed by atoms with van der Waals surface area (Å²) in [6.45, 7) is 2.17. The molecule has 2 aliphatic rings. The maximum absolute atomic E-state index is 15.2. The van der Waals surface area contributed by atoms with E-state index in [1.807, 2.05) is 6.07 Å². The van der Waals surface area contributed by atoms with Gasteiger partial charge in [0.1, 0.15) is 0 Å². The Bertz CT molecular complexity index is 1020. The van der Waals surface area contributed by atoms with Crippen LogP contribution in [0, 0.1) is 29.2 Å². The summed E-state index contributed by atoms with van der Waals surface area (Å²) in [5, 5.41) is 0. The van der Waals surface area contributed by atoms with Gasteiger partial charge in [-0.1, -0.05) is 44.7 Å². The van der Waals surface area contributed by atoms with Crippen LogP contribution in [0.3, 0.4) is 0 Å². The lowest BCUT2D eigenvalue weighted by atomic mass is 9.76. The van der Waals surface area contributed by atoms with E-state index in [9.17, 15) is 8.78 Å². The van der Waals surface area contributed by atoms with Crippen molar-refractivity contribution in [3.8, 4) is 5.75 Å². The van der Waals surface area contributed by atoms with Gasteiger partial charge in [0.25, 0.3) is 0 Å². The molecule has 0 N–H and O–H groups in total. The molecule has 0 amide bonds. The highest BCUT2D eigenvalue weighted by Crippen LogP contribution is 2.42. The second kappa shape index (κ2) is 13.1. The lowest BCUT2D eigenvalue weighted by Gasteiger charge is -2.31. The van der Waals surface area contributed by atoms with E-state index in [2.05, 4.69) is 6.92 Å². The molecule has 0 heterocycles. The molecular formula is C31H40F4O2. The molecule has 0 aromatic heterocycles. The molecule has 6 heteroatoms. The first-order valence-electron chi connectivity index (χ1n) is 14.0. The minimum absolute atomic E-state index is 0.0411. The highest BCUT2D eigenvalue weighted by atomic mass is 19.2. The van der Waals surface area contributed by atoms with Gasteiger partial charge in [0.05, 0.1) is 19.8 Å². The molecule has 2 nitrogen and oxygen atoms in total. The van der Waals surface area contributed by atoms with Crippen LogP contribution >= 0.6 is 0 Å². The Balaban J connectivity index is 1.29. The quantitative estimate of drug-likeness (QED) is 0.229. The fraction of sp³-hybridized carbons (Fsp3) is 0.613. The van der Waals surface area contributed by atoms with E-state index in [0.717, 1.165) is 31.6 Å². The van der Waals surface area contributed by atoms with Crippen LogP contribution in [-0.4, -0.2) is 13.2 Å². The number of ether oxygens (including phenoxy) is 2. The third kappa shape index (κ3) is 6.68. The molecule has 0 unspecified atom stereocenters.